The SMILES string of the molecule is CC1NC(=S)N(C2CC2)C1=O. The number of nitrogens with zero attached hydrogens (tertiary/aromatic N) is 1. The minimum atomic E-state index is -0.108. The summed E-state index contributed by atoms with van der Waals surface area (Å²) in [5.41, 5.74) is 0. The lowest BCUT2D eigenvalue weighted by molar-refractivity contribution is -0.127. The fourth-order valence-electron chi connectivity index (χ4n) is 1.30. The summed E-state index contributed by atoms with van der Waals surface area (Å²) in [6.45, 7) is 1.84. The molecule has 2 aliphatic rings. The van der Waals surface area contributed by atoms with Gasteiger partial charge in [0.1, 0.15) is 6.04 Å². The van der Waals surface area contributed by atoms with Crippen LogP contribution in [0.25, 0.3) is 0 Å². The molecule has 0 radical (unpaired) electrons. The fraction of sp³-hybridized carbons (Fsp3) is 0.714. The van der Waals surface area contributed by atoms with Crippen molar-refractivity contribution in [1.29, 1.82) is 0 Å². The molecule has 2 rings (SSSR count). The third-order valence-electron chi connectivity index (χ3n) is 2.08. The van der Waals surface area contributed by atoms with Gasteiger partial charge in [0.2, 0.25) is 0 Å². The van der Waals surface area contributed by atoms with Crippen LogP contribution < -0.4 is 5.32 Å². The van der Waals surface area contributed by atoms with Crippen molar-refractivity contribution >= 4 is 23.2 Å². The molecule has 11 heavy (non-hydrogen) atoms. The lowest BCUT2D eigenvalue weighted by atomic mass is 10.3. The van der Waals surface area contributed by atoms with Gasteiger partial charge >= 0.3 is 0 Å². The lowest BCUT2D eigenvalue weighted by Crippen LogP contribution is -2.32. The van der Waals surface area contributed by atoms with Gasteiger partial charge in [-0.2, -0.15) is 0 Å². The van der Waals surface area contributed by atoms with Gasteiger partial charge in [-0.3, -0.25) is 9.69 Å². The normalized spacial score (nSPS) is 31.0. The first kappa shape index (κ1) is 7.03. The highest BCUT2D eigenvalue weighted by Gasteiger charge is 2.41. The Morgan fingerprint density at radius 3 is 2.64 bits per heavy atom. The molecule has 60 valence electrons. The maximum Gasteiger partial charge on any atom is 0.251 e. The maximum absolute atomic E-state index is 11.4. The first-order chi connectivity index (χ1) is 5.20. The second-order valence-corrected chi connectivity index (χ2v) is 3.50. The highest BCUT2D eigenvalue weighted by atomic mass is 32.1. The molecule has 0 bridgehead atoms. The van der Waals surface area contributed by atoms with E-state index >= 15 is 0 Å². The summed E-state index contributed by atoms with van der Waals surface area (Å²) in [5, 5.41) is 3.56. The number of amides is 1. The van der Waals surface area contributed by atoms with E-state index in [1.165, 1.54) is 0 Å². The topological polar surface area (TPSA) is 32.3 Å². The van der Waals surface area contributed by atoms with E-state index in [0.29, 0.717) is 11.2 Å². The number of nitrogens with one attached hydrogen (secondary N) is 1. The van der Waals surface area contributed by atoms with Crippen LogP contribution in [0.5, 0.6) is 0 Å². The Morgan fingerprint density at radius 2 is 2.27 bits per heavy atom. The number of carbonyl (C=O) groups excluding carboxylic acids is 1. The van der Waals surface area contributed by atoms with Gasteiger partial charge in [0.15, 0.2) is 5.11 Å². The van der Waals surface area contributed by atoms with E-state index in [4.69, 9.17) is 12.2 Å². The average molecular weight is 170 g/mol. The summed E-state index contributed by atoms with van der Waals surface area (Å²) < 4.78 is 0. The van der Waals surface area contributed by atoms with Crippen LogP contribution in [0, 0.1) is 0 Å². The Morgan fingerprint density at radius 1 is 1.64 bits per heavy atom. The van der Waals surface area contributed by atoms with E-state index < -0.39 is 0 Å². The van der Waals surface area contributed by atoms with Crippen molar-refractivity contribution in [1.82, 2.24) is 10.2 Å². The molecule has 1 saturated carbocycles. The first-order valence-electron chi connectivity index (χ1n) is 3.83. The van der Waals surface area contributed by atoms with Gasteiger partial charge in [0.25, 0.3) is 5.91 Å². The monoisotopic (exact) mass is 170 g/mol. The van der Waals surface area contributed by atoms with Crippen molar-refractivity contribution < 1.29 is 4.79 Å². The largest absolute Gasteiger partial charge is 0.351 e. The third kappa shape index (κ3) is 1.01. The van der Waals surface area contributed by atoms with Gasteiger partial charge in [-0.15, -0.1) is 0 Å². The number of rotatable bonds is 1. The maximum atomic E-state index is 11.4. The van der Waals surface area contributed by atoms with Crippen LogP contribution in [0.2, 0.25) is 0 Å². The first-order valence-corrected chi connectivity index (χ1v) is 4.24. The second-order valence-electron chi connectivity index (χ2n) is 3.11. The van der Waals surface area contributed by atoms with E-state index in [9.17, 15) is 4.79 Å². The highest BCUT2D eigenvalue weighted by molar-refractivity contribution is 7.80. The summed E-state index contributed by atoms with van der Waals surface area (Å²) in [5.74, 6) is 0.137. The van der Waals surface area contributed by atoms with Crippen molar-refractivity contribution in [2.45, 2.75) is 31.8 Å². The molecular weight excluding hydrogens is 160 g/mol. The molecule has 1 aliphatic carbocycles. The average Bonchev–Trinajstić information content (AvgIpc) is 2.68. The van der Waals surface area contributed by atoms with Crippen LogP contribution in [0.1, 0.15) is 19.8 Å². The predicted molar refractivity (Wildman–Crippen MR) is 45.1 cm³/mol. The van der Waals surface area contributed by atoms with Crippen molar-refractivity contribution in [2.75, 3.05) is 0 Å². The van der Waals surface area contributed by atoms with Crippen molar-refractivity contribution in [3.05, 3.63) is 0 Å². The molecule has 0 aromatic heterocycles. The van der Waals surface area contributed by atoms with Crippen molar-refractivity contribution in [3.63, 3.8) is 0 Å². The van der Waals surface area contributed by atoms with Gasteiger partial charge in [0.05, 0.1) is 0 Å². The van der Waals surface area contributed by atoms with Crippen molar-refractivity contribution in [3.8, 4) is 0 Å². The third-order valence-corrected chi connectivity index (χ3v) is 2.39. The number of thiocarbonyl (C=S) groups is 1. The molecule has 1 heterocycles. The molecule has 3 nitrogen and oxygen atoms in total. The standard InChI is InChI=1S/C7H10N2OS/c1-4-6(10)9(5-2-3-5)7(11)8-4/h4-5H,2-3H2,1H3,(H,8,11). The van der Waals surface area contributed by atoms with Crippen LogP contribution in [0.4, 0.5) is 0 Å². The minimum Gasteiger partial charge on any atom is -0.351 e. The predicted octanol–water partition coefficient (Wildman–Crippen LogP) is 0.254. The molecule has 0 aromatic rings. The molecule has 1 N–H and O–H groups in total. The summed E-state index contributed by atoms with van der Waals surface area (Å²) in [6.07, 6.45) is 2.22. The van der Waals surface area contributed by atoms with Gasteiger partial charge in [-0.1, -0.05) is 0 Å². The van der Waals surface area contributed by atoms with E-state index in [-0.39, 0.29) is 11.9 Å². The quantitative estimate of drug-likeness (QED) is 0.573. The van der Waals surface area contributed by atoms with Gasteiger partial charge < -0.3 is 5.32 Å². The van der Waals surface area contributed by atoms with Gasteiger partial charge in [0, 0.05) is 6.04 Å². The Labute approximate surface area is 70.7 Å². The zero-order chi connectivity index (χ0) is 8.01. The van der Waals surface area contributed by atoms with Crippen LogP contribution in [-0.2, 0) is 4.79 Å². The Hall–Kier alpha value is -0.640. The summed E-state index contributed by atoms with van der Waals surface area (Å²) in [4.78, 5) is 13.1. The smallest absolute Gasteiger partial charge is 0.251 e. The Bertz CT molecular complexity index is 224. The zero-order valence-electron chi connectivity index (χ0n) is 6.33. The van der Waals surface area contributed by atoms with E-state index in [1.54, 1.807) is 4.90 Å². The molecule has 2 fully saturated rings. The Kier molecular flexibility index (Phi) is 1.39. The van der Waals surface area contributed by atoms with E-state index in [0.717, 1.165) is 12.8 Å². The van der Waals surface area contributed by atoms with Crippen molar-refractivity contribution in [2.24, 2.45) is 0 Å². The zero-order valence-corrected chi connectivity index (χ0v) is 7.15. The minimum absolute atomic E-state index is 0.108. The number of carbonyl (C=O) groups is 1. The summed E-state index contributed by atoms with van der Waals surface area (Å²) >= 11 is 5.00. The summed E-state index contributed by atoms with van der Waals surface area (Å²) in [6, 6.07) is 0.301. The molecule has 4 heteroatoms. The van der Waals surface area contributed by atoms with E-state index in [1.807, 2.05) is 6.92 Å². The molecule has 1 aliphatic heterocycles. The van der Waals surface area contributed by atoms with Gasteiger partial charge in [-0.25, -0.2) is 0 Å². The molecule has 0 spiro atoms. The molecule has 1 saturated heterocycles. The van der Waals surface area contributed by atoms with Crippen LogP contribution in [-0.4, -0.2) is 28.0 Å². The molecule has 0 aromatic carbocycles. The van der Waals surface area contributed by atoms with E-state index in [2.05, 4.69) is 5.32 Å². The number of hydrogen-bond donors (Lipinski definition) is 1. The molecule has 1 unspecified atom stereocenters. The molecule has 1 atom stereocenters. The fourth-order valence-corrected chi connectivity index (χ4v) is 1.72. The molecule has 1 amide bonds. The van der Waals surface area contributed by atoms with Crippen LogP contribution in [0.3, 0.4) is 0 Å². The lowest BCUT2D eigenvalue weighted by Gasteiger charge is -2.12. The highest BCUT2D eigenvalue weighted by Crippen LogP contribution is 2.29. The molecular formula is C7H10N2OS. The second kappa shape index (κ2) is 2.17. The van der Waals surface area contributed by atoms with Crippen LogP contribution in [0.15, 0.2) is 0 Å². The number of hydrogen-bond acceptors (Lipinski definition) is 2. The van der Waals surface area contributed by atoms with Gasteiger partial charge in [-0.05, 0) is 32.0 Å². The summed E-state index contributed by atoms with van der Waals surface area (Å²) in [7, 11) is 0. The Balaban J connectivity index is 2.17. The van der Waals surface area contributed by atoms with Crippen LogP contribution >= 0.6 is 12.2 Å².